The molecule has 0 fully saturated rings. The molecule has 2 N–H and O–H groups in total. The van der Waals surface area contributed by atoms with E-state index in [1.807, 2.05) is 0 Å². The van der Waals surface area contributed by atoms with Crippen LogP contribution in [0.4, 0.5) is 13.2 Å². The number of thioether (sulfide) groups is 1. The molecule has 1 aromatic heterocycles. The maximum atomic E-state index is 12.7. The Kier molecular flexibility index (Phi) is 4.98. The number of carboxylic acids is 1. The average Bonchev–Trinajstić information content (AvgIpc) is 2.36. The van der Waals surface area contributed by atoms with E-state index in [-0.39, 0.29) is 5.75 Å². The fourth-order valence-corrected chi connectivity index (χ4v) is 1.83. The highest BCUT2D eigenvalue weighted by molar-refractivity contribution is 8.00. The molecular formula is C11H11F3N2O3S. The van der Waals surface area contributed by atoms with E-state index >= 15 is 0 Å². The van der Waals surface area contributed by atoms with E-state index in [2.05, 4.69) is 4.98 Å². The standard InChI is InChI=1S/C11H11F3N2O3S/c1-10(9(18)19,11(12,13)14)16-8(17)6-20-7-2-4-15-5-3-7/h2-5H,6H2,1H3,(H,16,17)(H,18,19). The minimum atomic E-state index is -5.09. The highest BCUT2D eigenvalue weighted by Gasteiger charge is 2.58. The van der Waals surface area contributed by atoms with E-state index in [1.54, 1.807) is 12.1 Å². The number of amides is 1. The number of aliphatic carboxylic acids is 1. The van der Waals surface area contributed by atoms with Gasteiger partial charge in [0.15, 0.2) is 0 Å². The van der Waals surface area contributed by atoms with E-state index in [0.717, 1.165) is 11.8 Å². The largest absolute Gasteiger partial charge is 0.479 e. The molecule has 0 bridgehead atoms. The number of rotatable bonds is 5. The minimum Gasteiger partial charge on any atom is -0.479 e. The van der Waals surface area contributed by atoms with Crippen molar-refractivity contribution in [3.05, 3.63) is 24.5 Å². The zero-order valence-electron chi connectivity index (χ0n) is 10.3. The molecule has 1 aromatic rings. The van der Waals surface area contributed by atoms with Gasteiger partial charge in [0, 0.05) is 17.3 Å². The summed E-state index contributed by atoms with van der Waals surface area (Å²) in [7, 11) is 0. The molecule has 110 valence electrons. The highest BCUT2D eigenvalue weighted by Crippen LogP contribution is 2.30. The van der Waals surface area contributed by atoms with Crippen molar-refractivity contribution in [3.8, 4) is 0 Å². The van der Waals surface area contributed by atoms with Gasteiger partial charge in [0.25, 0.3) is 0 Å². The van der Waals surface area contributed by atoms with Crippen LogP contribution in [0.15, 0.2) is 29.4 Å². The molecule has 20 heavy (non-hydrogen) atoms. The van der Waals surface area contributed by atoms with Crippen molar-refractivity contribution in [2.75, 3.05) is 5.75 Å². The molecule has 0 radical (unpaired) electrons. The third-order valence-electron chi connectivity index (χ3n) is 2.40. The lowest BCUT2D eigenvalue weighted by atomic mass is 10.0. The van der Waals surface area contributed by atoms with Gasteiger partial charge in [0.05, 0.1) is 5.75 Å². The van der Waals surface area contributed by atoms with Crippen molar-refractivity contribution in [1.82, 2.24) is 10.3 Å². The Labute approximate surface area is 116 Å². The van der Waals surface area contributed by atoms with Crippen LogP contribution in [0.5, 0.6) is 0 Å². The van der Waals surface area contributed by atoms with Crippen LogP contribution in [-0.2, 0) is 9.59 Å². The molecule has 0 saturated heterocycles. The number of carbonyl (C=O) groups is 2. The number of halogens is 3. The summed E-state index contributed by atoms with van der Waals surface area (Å²) < 4.78 is 38.0. The number of nitrogens with one attached hydrogen (secondary N) is 1. The zero-order valence-corrected chi connectivity index (χ0v) is 11.1. The van der Waals surface area contributed by atoms with Gasteiger partial charge in [0.2, 0.25) is 11.4 Å². The van der Waals surface area contributed by atoms with Gasteiger partial charge in [-0.15, -0.1) is 11.8 Å². The molecule has 5 nitrogen and oxygen atoms in total. The van der Waals surface area contributed by atoms with Gasteiger partial charge in [-0.05, 0) is 19.1 Å². The Bertz CT molecular complexity index is 495. The van der Waals surface area contributed by atoms with E-state index in [9.17, 15) is 22.8 Å². The summed E-state index contributed by atoms with van der Waals surface area (Å²) in [5.41, 5.74) is -3.30. The van der Waals surface area contributed by atoms with Gasteiger partial charge in [-0.3, -0.25) is 9.78 Å². The zero-order chi connectivity index (χ0) is 15.4. The molecule has 1 amide bonds. The third-order valence-corrected chi connectivity index (χ3v) is 3.42. The number of hydrogen-bond acceptors (Lipinski definition) is 4. The Morgan fingerprint density at radius 3 is 2.35 bits per heavy atom. The average molecular weight is 308 g/mol. The molecule has 0 aliphatic rings. The fourth-order valence-electron chi connectivity index (χ4n) is 1.14. The molecule has 1 heterocycles. The van der Waals surface area contributed by atoms with Gasteiger partial charge >= 0.3 is 12.1 Å². The van der Waals surface area contributed by atoms with E-state index in [4.69, 9.17) is 5.11 Å². The Morgan fingerprint density at radius 2 is 1.90 bits per heavy atom. The Morgan fingerprint density at radius 1 is 1.35 bits per heavy atom. The monoisotopic (exact) mass is 308 g/mol. The predicted molar refractivity (Wildman–Crippen MR) is 65.2 cm³/mol. The summed E-state index contributed by atoms with van der Waals surface area (Å²) in [6, 6.07) is 3.16. The van der Waals surface area contributed by atoms with Crippen molar-refractivity contribution >= 4 is 23.6 Å². The Balaban J connectivity index is 2.67. The number of carbonyl (C=O) groups excluding carboxylic acids is 1. The van der Waals surface area contributed by atoms with Gasteiger partial charge < -0.3 is 10.4 Å². The van der Waals surface area contributed by atoms with Crippen molar-refractivity contribution in [2.24, 2.45) is 0 Å². The minimum absolute atomic E-state index is 0.330. The lowest BCUT2D eigenvalue weighted by Crippen LogP contribution is -2.62. The highest BCUT2D eigenvalue weighted by atomic mass is 32.2. The van der Waals surface area contributed by atoms with Crippen LogP contribution < -0.4 is 5.32 Å². The topological polar surface area (TPSA) is 79.3 Å². The second-order valence-electron chi connectivity index (χ2n) is 3.95. The number of hydrogen-bond donors (Lipinski definition) is 2. The first-order valence-corrected chi connectivity index (χ1v) is 6.29. The quantitative estimate of drug-likeness (QED) is 0.809. The first-order valence-electron chi connectivity index (χ1n) is 5.31. The van der Waals surface area contributed by atoms with Crippen molar-refractivity contribution in [2.45, 2.75) is 23.5 Å². The van der Waals surface area contributed by atoms with Gasteiger partial charge in [-0.2, -0.15) is 13.2 Å². The summed E-state index contributed by atoms with van der Waals surface area (Å²) in [6.45, 7) is 0.407. The smallest absolute Gasteiger partial charge is 0.422 e. The molecule has 1 atom stereocenters. The van der Waals surface area contributed by atoms with Crippen LogP contribution in [0.1, 0.15) is 6.92 Å². The van der Waals surface area contributed by atoms with Crippen molar-refractivity contribution < 1.29 is 27.9 Å². The molecule has 1 unspecified atom stereocenters. The predicted octanol–water partition coefficient (Wildman–Crippen LogP) is 1.70. The summed E-state index contributed by atoms with van der Waals surface area (Å²) >= 11 is 0.979. The number of alkyl halides is 3. The fraction of sp³-hybridized carbons (Fsp3) is 0.364. The first kappa shape index (κ1) is 16.3. The number of carboxylic acid groups (broad SMARTS) is 1. The number of aromatic nitrogens is 1. The maximum absolute atomic E-state index is 12.7. The second-order valence-corrected chi connectivity index (χ2v) is 5.00. The molecule has 9 heteroatoms. The van der Waals surface area contributed by atoms with Crippen LogP contribution in [0.3, 0.4) is 0 Å². The first-order chi connectivity index (χ1) is 9.17. The summed E-state index contributed by atoms with van der Waals surface area (Å²) in [6.07, 6.45) is -2.15. The Hall–Kier alpha value is -1.77. The summed E-state index contributed by atoms with van der Waals surface area (Å²) in [5.74, 6) is -3.51. The van der Waals surface area contributed by atoms with Gasteiger partial charge in [-0.25, -0.2) is 4.79 Å². The van der Waals surface area contributed by atoms with Crippen LogP contribution >= 0.6 is 11.8 Å². The van der Waals surface area contributed by atoms with E-state index in [0.29, 0.717) is 11.8 Å². The molecule has 0 aliphatic carbocycles. The van der Waals surface area contributed by atoms with Crippen LogP contribution in [0.25, 0.3) is 0 Å². The van der Waals surface area contributed by atoms with E-state index < -0.39 is 23.6 Å². The number of nitrogens with zero attached hydrogens (tertiary/aromatic N) is 1. The van der Waals surface area contributed by atoms with Crippen LogP contribution in [-0.4, -0.2) is 39.4 Å². The normalized spacial score (nSPS) is 14.4. The lowest BCUT2D eigenvalue weighted by molar-refractivity contribution is -0.206. The molecule has 0 spiro atoms. The van der Waals surface area contributed by atoms with Gasteiger partial charge in [-0.1, -0.05) is 0 Å². The number of pyridine rings is 1. The van der Waals surface area contributed by atoms with E-state index in [1.165, 1.54) is 17.7 Å². The van der Waals surface area contributed by atoms with Crippen molar-refractivity contribution in [1.29, 1.82) is 0 Å². The van der Waals surface area contributed by atoms with Crippen LogP contribution in [0, 0.1) is 0 Å². The second kappa shape index (κ2) is 6.12. The molecule has 0 aromatic carbocycles. The summed E-state index contributed by atoms with van der Waals surface area (Å²) in [5, 5.41) is 10.2. The summed E-state index contributed by atoms with van der Waals surface area (Å²) in [4.78, 5) is 26.6. The molecule has 0 saturated carbocycles. The van der Waals surface area contributed by atoms with Crippen LogP contribution in [0.2, 0.25) is 0 Å². The molecule has 0 aliphatic heterocycles. The van der Waals surface area contributed by atoms with Crippen molar-refractivity contribution in [3.63, 3.8) is 0 Å². The molecular weight excluding hydrogens is 297 g/mol. The SMILES string of the molecule is CC(NC(=O)CSc1ccncc1)(C(=O)O)C(F)(F)F. The third kappa shape index (κ3) is 3.86. The molecule has 1 rings (SSSR count). The van der Waals surface area contributed by atoms with Gasteiger partial charge in [0.1, 0.15) is 0 Å². The maximum Gasteiger partial charge on any atom is 0.422 e. The lowest BCUT2D eigenvalue weighted by Gasteiger charge is -2.28.